The summed E-state index contributed by atoms with van der Waals surface area (Å²) in [6, 6.07) is 4.85. The number of rotatable bonds is 5. The second kappa shape index (κ2) is 8.10. The van der Waals surface area contributed by atoms with E-state index in [1.165, 1.54) is 0 Å². The third-order valence-corrected chi connectivity index (χ3v) is 4.80. The van der Waals surface area contributed by atoms with E-state index in [0.717, 1.165) is 25.0 Å². The number of hydrogen-bond donors (Lipinski definition) is 2. The smallest absolute Gasteiger partial charge is 0.287 e. The van der Waals surface area contributed by atoms with Crippen molar-refractivity contribution in [2.45, 2.75) is 39.2 Å². The molecule has 0 bridgehead atoms. The van der Waals surface area contributed by atoms with Gasteiger partial charge in [0.05, 0.1) is 16.4 Å². The fourth-order valence-corrected chi connectivity index (χ4v) is 3.44. The van der Waals surface area contributed by atoms with Gasteiger partial charge in [-0.3, -0.25) is 9.59 Å². The van der Waals surface area contributed by atoms with Gasteiger partial charge >= 0.3 is 0 Å². The summed E-state index contributed by atoms with van der Waals surface area (Å²) in [6.07, 6.45) is 3.47. The minimum atomic E-state index is -0.380. The normalized spacial score (nSPS) is 13.2. The summed E-state index contributed by atoms with van der Waals surface area (Å²) < 4.78 is 1.85. The van der Waals surface area contributed by atoms with Crippen molar-refractivity contribution < 1.29 is 9.59 Å². The zero-order valence-corrected chi connectivity index (χ0v) is 16.0. The fraction of sp³-hybridized carbons (Fsp3) is 0.389. The van der Waals surface area contributed by atoms with Crippen LogP contribution in [0.4, 0.5) is 5.69 Å². The summed E-state index contributed by atoms with van der Waals surface area (Å²) in [4.78, 5) is 29.5. The van der Waals surface area contributed by atoms with E-state index >= 15 is 0 Å². The van der Waals surface area contributed by atoms with Gasteiger partial charge < -0.3 is 15.2 Å². The van der Waals surface area contributed by atoms with E-state index in [2.05, 4.69) is 15.6 Å². The van der Waals surface area contributed by atoms with Crippen LogP contribution in [-0.2, 0) is 13.0 Å². The van der Waals surface area contributed by atoms with Crippen LogP contribution >= 0.6 is 23.2 Å². The molecule has 0 atom stereocenters. The first-order valence-corrected chi connectivity index (χ1v) is 9.41. The van der Waals surface area contributed by atoms with Gasteiger partial charge in [-0.15, -0.1) is 0 Å². The van der Waals surface area contributed by atoms with E-state index < -0.39 is 0 Å². The number of anilines is 1. The molecule has 1 aliphatic heterocycles. The summed E-state index contributed by atoms with van der Waals surface area (Å²) in [5.41, 5.74) is 1.52. The van der Waals surface area contributed by atoms with E-state index in [1.54, 1.807) is 18.2 Å². The van der Waals surface area contributed by atoms with Crippen molar-refractivity contribution in [2.24, 2.45) is 0 Å². The number of aromatic nitrogens is 2. The predicted molar refractivity (Wildman–Crippen MR) is 102 cm³/mol. The lowest BCUT2D eigenvalue weighted by atomic mass is 10.1. The van der Waals surface area contributed by atoms with E-state index in [4.69, 9.17) is 23.2 Å². The lowest BCUT2D eigenvalue weighted by Gasteiger charge is -2.17. The first kappa shape index (κ1) is 18.7. The average Bonchev–Trinajstić information content (AvgIpc) is 3.02. The third-order valence-electron chi connectivity index (χ3n) is 4.25. The summed E-state index contributed by atoms with van der Waals surface area (Å²) in [5.74, 6) is -0.339. The topological polar surface area (TPSA) is 76.0 Å². The van der Waals surface area contributed by atoms with Gasteiger partial charge in [-0.25, -0.2) is 4.98 Å². The highest BCUT2D eigenvalue weighted by Gasteiger charge is 2.27. The molecule has 8 heteroatoms. The van der Waals surface area contributed by atoms with Crippen molar-refractivity contribution in [3.05, 3.63) is 45.5 Å². The van der Waals surface area contributed by atoms with Crippen LogP contribution in [0.1, 0.15) is 53.0 Å². The van der Waals surface area contributed by atoms with Crippen molar-refractivity contribution in [1.29, 1.82) is 0 Å². The highest BCUT2D eigenvalue weighted by atomic mass is 35.5. The Balaban J connectivity index is 1.90. The third kappa shape index (κ3) is 3.86. The molecule has 0 unspecified atom stereocenters. The molecule has 3 rings (SSSR count). The van der Waals surface area contributed by atoms with Gasteiger partial charge in [-0.2, -0.15) is 0 Å². The van der Waals surface area contributed by atoms with Gasteiger partial charge in [-0.05, 0) is 43.9 Å². The van der Waals surface area contributed by atoms with Crippen LogP contribution in [0.3, 0.4) is 0 Å². The number of fused-ring (bicyclic) bond motifs is 1. The maximum absolute atomic E-state index is 12.8. The molecule has 0 fully saturated rings. The number of nitrogens with one attached hydrogen (secondary N) is 2. The molecular weight excluding hydrogens is 375 g/mol. The molecule has 0 saturated heterocycles. The van der Waals surface area contributed by atoms with Crippen LogP contribution in [0.5, 0.6) is 0 Å². The predicted octanol–water partition coefficient (Wildman–Crippen LogP) is 3.92. The molecule has 0 radical (unpaired) electrons. The molecule has 0 saturated carbocycles. The molecule has 1 aromatic carbocycles. The van der Waals surface area contributed by atoms with Crippen molar-refractivity contribution in [3.63, 3.8) is 0 Å². The summed E-state index contributed by atoms with van der Waals surface area (Å²) in [7, 11) is 0. The van der Waals surface area contributed by atoms with Crippen molar-refractivity contribution in [1.82, 2.24) is 14.9 Å². The summed E-state index contributed by atoms with van der Waals surface area (Å²) >= 11 is 12.0. The Labute approximate surface area is 161 Å². The molecule has 1 aromatic heterocycles. The standard InChI is InChI=1S/C18H20Cl2N4O2/c1-2-8-21-18(26)16-23-15(14-5-3-4-9-24(14)16)17(25)22-13-7-6-11(19)10-12(13)20/h6-7,10H,2-5,8-9H2,1H3,(H,21,26)(H,22,25). The van der Waals surface area contributed by atoms with E-state index in [0.29, 0.717) is 41.1 Å². The number of hydrogen-bond acceptors (Lipinski definition) is 3. The molecule has 138 valence electrons. The minimum absolute atomic E-state index is 0.251. The zero-order chi connectivity index (χ0) is 18.7. The molecule has 2 N–H and O–H groups in total. The maximum atomic E-state index is 12.8. The van der Waals surface area contributed by atoms with Crippen LogP contribution in [0.15, 0.2) is 18.2 Å². The highest BCUT2D eigenvalue weighted by Crippen LogP contribution is 2.27. The molecule has 2 aromatic rings. The lowest BCUT2D eigenvalue weighted by Crippen LogP contribution is -2.28. The quantitative estimate of drug-likeness (QED) is 0.806. The zero-order valence-electron chi connectivity index (χ0n) is 14.4. The van der Waals surface area contributed by atoms with E-state index in [-0.39, 0.29) is 17.5 Å². The Morgan fingerprint density at radius 3 is 2.77 bits per heavy atom. The van der Waals surface area contributed by atoms with Gasteiger partial charge in [0.2, 0.25) is 0 Å². The molecule has 6 nitrogen and oxygen atoms in total. The molecule has 2 heterocycles. The number of carbonyl (C=O) groups is 2. The molecule has 0 aliphatic carbocycles. The van der Waals surface area contributed by atoms with E-state index in [9.17, 15) is 9.59 Å². The van der Waals surface area contributed by atoms with E-state index in [1.807, 2.05) is 11.5 Å². The Morgan fingerprint density at radius 1 is 1.23 bits per heavy atom. The molecule has 1 aliphatic rings. The minimum Gasteiger partial charge on any atom is -0.349 e. The van der Waals surface area contributed by atoms with Crippen molar-refractivity contribution >= 4 is 40.7 Å². The average molecular weight is 395 g/mol. The second-order valence-corrected chi connectivity index (χ2v) is 7.02. The molecule has 26 heavy (non-hydrogen) atoms. The Morgan fingerprint density at radius 2 is 2.04 bits per heavy atom. The first-order chi connectivity index (χ1) is 12.5. The van der Waals surface area contributed by atoms with Gasteiger partial charge in [0.25, 0.3) is 11.8 Å². The van der Waals surface area contributed by atoms with Crippen LogP contribution in [0, 0.1) is 0 Å². The monoisotopic (exact) mass is 394 g/mol. The number of imidazole rings is 1. The highest BCUT2D eigenvalue weighted by molar-refractivity contribution is 6.36. The number of halogens is 2. The van der Waals surface area contributed by atoms with Gasteiger partial charge in [-0.1, -0.05) is 30.1 Å². The molecular formula is C18H20Cl2N4O2. The maximum Gasteiger partial charge on any atom is 0.287 e. The second-order valence-electron chi connectivity index (χ2n) is 6.17. The number of nitrogens with zero attached hydrogens (tertiary/aromatic N) is 2. The molecule has 0 spiro atoms. The number of carbonyl (C=O) groups excluding carboxylic acids is 2. The van der Waals surface area contributed by atoms with Crippen molar-refractivity contribution in [3.8, 4) is 0 Å². The summed E-state index contributed by atoms with van der Waals surface area (Å²) in [6.45, 7) is 3.24. The van der Waals surface area contributed by atoms with Crippen LogP contribution in [0.2, 0.25) is 10.0 Å². The van der Waals surface area contributed by atoms with Gasteiger partial charge in [0, 0.05) is 18.1 Å². The fourth-order valence-electron chi connectivity index (χ4n) is 2.99. The van der Waals surface area contributed by atoms with Crippen LogP contribution < -0.4 is 10.6 Å². The Kier molecular flexibility index (Phi) is 5.84. The van der Waals surface area contributed by atoms with Gasteiger partial charge in [0.15, 0.2) is 11.5 Å². The lowest BCUT2D eigenvalue weighted by molar-refractivity contribution is 0.0937. The number of amides is 2. The largest absolute Gasteiger partial charge is 0.349 e. The van der Waals surface area contributed by atoms with Crippen LogP contribution in [-0.4, -0.2) is 27.9 Å². The number of benzene rings is 1. The first-order valence-electron chi connectivity index (χ1n) is 8.65. The summed E-state index contributed by atoms with van der Waals surface area (Å²) in [5, 5.41) is 6.42. The molecule has 2 amide bonds. The van der Waals surface area contributed by atoms with Crippen molar-refractivity contribution in [2.75, 3.05) is 11.9 Å². The van der Waals surface area contributed by atoms with Gasteiger partial charge in [0.1, 0.15) is 0 Å². The Hall–Kier alpha value is -2.05. The van der Waals surface area contributed by atoms with Crippen LogP contribution in [0.25, 0.3) is 0 Å². The Bertz CT molecular complexity index is 848. The SMILES string of the molecule is CCCNC(=O)c1nc(C(=O)Nc2ccc(Cl)cc2Cl)c2n1CCCC2.